The maximum Gasteiger partial charge on any atom is 0.412 e. The molecule has 1 amide bonds. The number of carbonyl (C=O) groups is 2. The first-order valence-electron chi connectivity index (χ1n) is 12.9. The van der Waals surface area contributed by atoms with Crippen LogP contribution >= 0.6 is 0 Å². The fourth-order valence-corrected chi connectivity index (χ4v) is 4.39. The quantitative estimate of drug-likeness (QED) is 0.185. The van der Waals surface area contributed by atoms with Crippen LogP contribution in [-0.2, 0) is 31.8 Å². The van der Waals surface area contributed by atoms with Gasteiger partial charge in [0.1, 0.15) is 23.9 Å². The Bertz CT molecular complexity index is 1240. The highest BCUT2D eigenvalue weighted by Crippen LogP contribution is 2.45. The second-order valence-electron chi connectivity index (χ2n) is 8.70. The van der Waals surface area contributed by atoms with Gasteiger partial charge in [-0.2, -0.15) is 0 Å². The Kier molecular flexibility index (Phi) is 10.1. The molecule has 3 aromatic carbocycles. The van der Waals surface area contributed by atoms with Crippen molar-refractivity contribution in [3.8, 4) is 17.2 Å². The van der Waals surface area contributed by atoms with Crippen LogP contribution in [0.15, 0.2) is 67.3 Å². The van der Waals surface area contributed by atoms with Crippen molar-refractivity contribution < 1.29 is 33.3 Å². The standard InChI is InChI=1S/C30H33NO7/c1-2-27(32)36-21-20-35-19-18-34-17-16-31-30(33)38-29-25-14-8-6-12-23(25)28(24-13-7-9-15-26(24)29)37-22-10-4-3-5-11-22/h2-6,8,10-12,14H,1,7,9,13,15-21H2,(H,31,33). The number of carbonyl (C=O) groups excluding carboxylic acids is 2. The molecule has 8 heteroatoms. The zero-order chi connectivity index (χ0) is 26.6. The van der Waals surface area contributed by atoms with Crippen molar-refractivity contribution >= 4 is 22.8 Å². The predicted molar refractivity (Wildman–Crippen MR) is 144 cm³/mol. The molecular weight excluding hydrogens is 486 g/mol. The van der Waals surface area contributed by atoms with Crippen molar-refractivity contribution in [2.45, 2.75) is 25.7 Å². The lowest BCUT2D eigenvalue weighted by Crippen LogP contribution is -2.31. The summed E-state index contributed by atoms with van der Waals surface area (Å²) in [5, 5.41) is 4.53. The first-order chi connectivity index (χ1) is 18.7. The van der Waals surface area contributed by atoms with E-state index in [1.54, 1.807) is 0 Å². The summed E-state index contributed by atoms with van der Waals surface area (Å²) in [4.78, 5) is 23.6. The van der Waals surface area contributed by atoms with Gasteiger partial charge in [0.15, 0.2) is 0 Å². The van der Waals surface area contributed by atoms with Gasteiger partial charge in [-0.1, -0.05) is 49.0 Å². The van der Waals surface area contributed by atoms with Gasteiger partial charge < -0.3 is 29.0 Å². The van der Waals surface area contributed by atoms with E-state index in [0.717, 1.165) is 65.2 Å². The summed E-state index contributed by atoms with van der Waals surface area (Å²) < 4.78 is 27.9. The van der Waals surface area contributed by atoms with Crippen LogP contribution in [0.4, 0.5) is 4.79 Å². The summed E-state index contributed by atoms with van der Waals surface area (Å²) in [6.45, 7) is 5.08. The minimum Gasteiger partial charge on any atom is -0.460 e. The van der Waals surface area contributed by atoms with Gasteiger partial charge in [0.2, 0.25) is 0 Å². The molecule has 0 heterocycles. The second-order valence-corrected chi connectivity index (χ2v) is 8.70. The highest BCUT2D eigenvalue weighted by atomic mass is 16.6. The van der Waals surface area contributed by atoms with Crippen LogP contribution in [0.3, 0.4) is 0 Å². The Morgan fingerprint density at radius 2 is 1.39 bits per heavy atom. The second kappa shape index (κ2) is 14.2. The molecule has 4 rings (SSSR count). The van der Waals surface area contributed by atoms with Gasteiger partial charge in [-0.15, -0.1) is 0 Å². The average molecular weight is 520 g/mol. The van der Waals surface area contributed by atoms with Crippen molar-refractivity contribution in [1.29, 1.82) is 0 Å². The van der Waals surface area contributed by atoms with Crippen LogP contribution in [-0.4, -0.2) is 51.6 Å². The van der Waals surface area contributed by atoms with Crippen molar-refractivity contribution in [2.24, 2.45) is 0 Å². The van der Waals surface area contributed by atoms with Gasteiger partial charge in [-0.25, -0.2) is 9.59 Å². The highest BCUT2D eigenvalue weighted by molar-refractivity contribution is 5.97. The van der Waals surface area contributed by atoms with E-state index in [2.05, 4.69) is 11.9 Å². The number of amides is 1. The Balaban J connectivity index is 1.33. The third kappa shape index (κ3) is 7.34. The normalized spacial score (nSPS) is 12.4. The highest BCUT2D eigenvalue weighted by Gasteiger charge is 2.25. The summed E-state index contributed by atoms with van der Waals surface area (Å²) in [6, 6.07) is 17.6. The summed E-state index contributed by atoms with van der Waals surface area (Å²) in [6.07, 6.45) is 4.36. The van der Waals surface area contributed by atoms with Crippen LogP contribution in [0.1, 0.15) is 24.0 Å². The maximum absolute atomic E-state index is 12.7. The third-order valence-corrected chi connectivity index (χ3v) is 6.12. The Morgan fingerprint density at radius 1 is 0.789 bits per heavy atom. The lowest BCUT2D eigenvalue weighted by Gasteiger charge is -2.25. The Labute approximate surface area is 222 Å². The molecule has 0 saturated heterocycles. The summed E-state index contributed by atoms with van der Waals surface area (Å²) in [5.41, 5.74) is 2.13. The monoisotopic (exact) mass is 519 g/mol. The fourth-order valence-electron chi connectivity index (χ4n) is 4.39. The summed E-state index contributed by atoms with van der Waals surface area (Å²) in [7, 11) is 0. The zero-order valence-corrected chi connectivity index (χ0v) is 21.4. The zero-order valence-electron chi connectivity index (χ0n) is 21.4. The number of rotatable bonds is 13. The molecule has 8 nitrogen and oxygen atoms in total. The maximum atomic E-state index is 12.7. The van der Waals surface area contributed by atoms with Crippen LogP contribution in [0.25, 0.3) is 10.8 Å². The van der Waals surface area contributed by atoms with Crippen LogP contribution in [0, 0.1) is 0 Å². The summed E-state index contributed by atoms with van der Waals surface area (Å²) >= 11 is 0. The number of fused-ring (bicyclic) bond motifs is 2. The van der Waals surface area contributed by atoms with Crippen molar-refractivity contribution in [2.75, 3.05) is 39.6 Å². The topological polar surface area (TPSA) is 92.3 Å². The molecule has 1 aliphatic carbocycles. The van der Waals surface area contributed by atoms with Crippen LogP contribution in [0.2, 0.25) is 0 Å². The molecule has 0 unspecified atom stereocenters. The molecule has 3 aromatic rings. The van der Waals surface area contributed by atoms with E-state index >= 15 is 0 Å². The first-order valence-corrected chi connectivity index (χ1v) is 12.9. The van der Waals surface area contributed by atoms with E-state index in [0.29, 0.717) is 32.1 Å². The van der Waals surface area contributed by atoms with Crippen LogP contribution < -0.4 is 14.8 Å². The third-order valence-electron chi connectivity index (χ3n) is 6.12. The first kappa shape index (κ1) is 27.2. The number of nitrogens with one attached hydrogen (secondary N) is 1. The largest absolute Gasteiger partial charge is 0.460 e. The lowest BCUT2D eigenvalue weighted by atomic mass is 9.87. The SMILES string of the molecule is C=CC(=O)OCCOCCOCCNC(=O)Oc1c2c(c(Oc3ccccc3)c3ccccc13)CCCC2. The molecule has 0 radical (unpaired) electrons. The molecule has 0 fully saturated rings. The molecule has 200 valence electrons. The number of hydrogen-bond donors (Lipinski definition) is 1. The van der Waals surface area contributed by atoms with Crippen molar-refractivity contribution in [3.63, 3.8) is 0 Å². The molecule has 1 aliphatic rings. The number of benzene rings is 3. The molecule has 0 aromatic heterocycles. The molecule has 0 spiro atoms. The van der Waals surface area contributed by atoms with Gasteiger partial charge in [0.05, 0.1) is 26.4 Å². The molecule has 0 atom stereocenters. The van der Waals surface area contributed by atoms with Gasteiger partial charge in [-0.05, 0) is 37.8 Å². The summed E-state index contributed by atoms with van der Waals surface area (Å²) in [5.74, 6) is 1.73. The smallest absolute Gasteiger partial charge is 0.412 e. The van der Waals surface area contributed by atoms with Gasteiger partial charge in [-0.3, -0.25) is 0 Å². The van der Waals surface area contributed by atoms with E-state index in [4.69, 9.17) is 23.7 Å². The molecule has 0 bridgehead atoms. The molecule has 1 N–H and O–H groups in total. The number of esters is 1. The van der Waals surface area contributed by atoms with Crippen molar-refractivity contribution in [1.82, 2.24) is 5.32 Å². The van der Waals surface area contributed by atoms with Gasteiger partial charge in [0.25, 0.3) is 0 Å². The van der Waals surface area contributed by atoms with Gasteiger partial charge >= 0.3 is 12.1 Å². The average Bonchev–Trinajstić information content (AvgIpc) is 2.96. The molecule has 38 heavy (non-hydrogen) atoms. The number of ether oxygens (including phenoxy) is 5. The van der Waals surface area contributed by atoms with Crippen LogP contribution in [0.5, 0.6) is 17.2 Å². The number of para-hydroxylation sites is 1. The predicted octanol–water partition coefficient (Wildman–Crippen LogP) is 5.36. The van der Waals surface area contributed by atoms with Gasteiger partial charge in [0, 0.05) is 34.5 Å². The minimum atomic E-state index is -0.525. The van der Waals surface area contributed by atoms with E-state index in [-0.39, 0.29) is 13.2 Å². The Hall–Kier alpha value is -3.88. The molecule has 0 aliphatic heterocycles. The van der Waals surface area contributed by atoms with E-state index in [1.165, 1.54) is 0 Å². The Morgan fingerprint density at radius 3 is 2.11 bits per heavy atom. The fraction of sp³-hybridized carbons (Fsp3) is 0.333. The van der Waals surface area contributed by atoms with E-state index < -0.39 is 12.1 Å². The van der Waals surface area contributed by atoms with E-state index in [1.807, 2.05) is 54.6 Å². The lowest BCUT2D eigenvalue weighted by molar-refractivity contribution is -0.139. The number of hydrogen-bond acceptors (Lipinski definition) is 7. The van der Waals surface area contributed by atoms with E-state index in [9.17, 15) is 9.59 Å². The minimum absolute atomic E-state index is 0.163. The molecular formula is C30H33NO7. The molecule has 0 saturated carbocycles. The van der Waals surface area contributed by atoms with Crippen molar-refractivity contribution in [3.05, 3.63) is 78.4 Å².